The van der Waals surface area contributed by atoms with Crippen molar-refractivity contribution in [1.29, 1.82) is 0 Å². The smallest absolute Gasteiger partial charge is 0.157 e. The lowest BCUT2D eigenvalue weighted by Crippen LogP contribution is -2.23. The molecule has 0 aromatic heterocycles. The Labute approximate surface area is 86.7 Å². The topological polar surface area (TPSA) is 53.7 Å². The first kappa shape index (κ1) is 13.8. The first-order valence-corrected chi connectivity index (χ1v) is 5.29. The summed E-state index contributed by atoms with van der Waals surface area (Å²) in [6.07, 6.45) is 1.42. The van der Waals surface area contributed by atoms with E-state index in [1.807, 2.05) is 13.8 Å². The van der Waals surface area contributed by atoms with E-state index in [2.05, 4.69) is 6.92 Å². The molecule has 86 valence electrons. The van der Waals surface area contributed by atoms with Gasteiger partial charge in [0.05, 0.1) is 6.61 Å². The van der Waals surface area contributed by atoms with E-state index in [9.17, 15) is 0 Å². The highest BCUT2D eigenvalue weighted by atomic mass is 16.8. The Kier molecular flexibility index (Phi) is 9.29. The number of rotatable bonds is 9. The summed E-state index contributed by atoms with van der Waals surface area (Å²) in [5.74, 6) is 0. The quantitative estimate of drug-likeness (QED) is 0.457. The van der Waals surface area contributed by atoms with Crippen molar-refractivity contribution < 1.29 is 14.2 Å². The van der Waals surface area contributed by atoms with E-state index in [0.717, 1.165) is 19.4 Å². The lowest BCUT2D eigenvalue weighted by Gasteiger charge is -2.19. The zero-order valence-corrected chi connectivity index (χ0v) is 9.49. The Morgan fingerprint density at radius 3 is 2.14 bits per heavy atom. The van der Waals surface area contributed by atoms with Gasteiger partial charge in [-0.2, -0.15) is 0 Å². The minimum atomic E-state index is -0.228. The highest BCUT2D eigenvalue weighted by Crippen LogP contribution is 2.02. The van der Waals surface area contributed by atoms with Crippen LogP contribution in [0.3, 0.4) is 0 Å². The average molecular weight is 205 g/mol. The van der Waals surface area contributed by atoms with E-state index < -0.39 is 0 Å². The Hall–Kier alpha value is -0.160. The van der Waals surface area contributed by atoms with Gasteiger partial charge in [-0.25, -0.2) is 0 Å². The number of nitrogens with two attached hydrogens (primary N) is 1. The van der Waals surface area contributed by atoms with Gasteiger partial charge >= 0.3 is 0 Å². The summed E-state index contributed by atoms with van der Waals surface area (Å²) in [4.78, 5) is 0. The van der Waals surface area contributed by atoms with Gasteiger partial charge in [0, 0.05) is 6.61 Å². The third-order valence-corrected chi connectivity index (χ3v) is 1.64. The molecule has 4 heteroatoms. The van der Waals surface area contributed by atoms with Crippen LogP contribution in [0.1, 0.15) is 33.6 Å². The average Bonchev–Trinajstić information content (AvgIpc) is 2.15. The molecular formula is C10H23NO3. The SMILES string of the molecule is CCCOC(C)OC(C)OCCCN. The molecule has 0 aromatic rings. The summed E-state index contributed by atoms with van der Waals surface area (Å²) >= 11 is 0. The van der Waals surface area contributed by atoms with E-state index in [4.69, 9.17) is 19.9 Å². The minimum absolute atomic E-state index is 0.206. The number of ether oxygens (including phenoxy) is 3. The number of hydrogen-bond acceptors (Lipinski definition) is 4. The molecule has 2 atom stereocenters. The van der Waals surface area contributed by atoms with Gasteiger partial charge in [0.25, 0.3) is 0 Å². The molecule has 14 heavy (non-hydrogen) atoms. The summed E-state index contributed by atoms with van der Waals surface area (Å²) in [5.41, 5.74) is 5.34. The molecule has 0 saturated carbocycles. The molecule has 0 aliphatic carbocycles. The van der Waals surface area contributed by atoms with Crippen LogP contribution in [0, 0.1) is 0 Å². The van der Waals surface area contributed by atoms with Crippen molar-refractivity contribution in [2.24, 2.45) is 5.73 Å². The van der Waals surface area contributed by atoms with Crippen molar-refractivity contribution >= 4 is 0 Å². The second kappa shape index (κ2) is 9.40. The van der Waals surface area contributed by atoms with Gasteiger partial charge in [-0.1, -0.05) is 6.92 Å². The van der Waals surface area contributed by atoms with Crippen LogP contribution in [0.4, 0.5) is 0 Å². The van der Waals surface area contributed by atoms with Crippen LogP contribution in [0.15, 0.2) is 0 Å². The van der Waals surface area contributed by atoms with Gasteiger partial charge in [-0.3, -0.25) is 0 Å². The van der Waals surface area contributed by atoms with Crippen molar-refractivity contribution in [3.8, 4) is 0 Å². The fourth-order valence-electron chi connectivity index (χ4n) is 0.965. The van der Waals surface area contributed by atoms with Crippen molar-refractivity contribution in [3.05, 3.63) is 0 Å². The first-order valence-electron chi connectivity index (χ1n) is 5.29. The predicted octanol–water partition coefficient (Wildman–Crippen LogP) is 1.49. The molecule has 0 aliphatic rings. The molecule has 0 bridgehead atoms. The normalized spacial score (nSPS) is 15.4. The molecule has 0 rings (SSSR count). The fourth-order valence-corrected chi connectivity index (χ4v) is 0.965. The number of hydrogen-bond donors (Lipinski definition) is 1. The van der Waals surface area contributed by atoms with E-state index >= 15 is 0 Å². The van der Waals surface area contributed by atoms with Crippen LogP contribution in [0.2, 0.25) is 0 Å². The summed E-state index contributed by atoms with van der Waals surface area (Å²) in [7, 11) is 0. The maximum Gasteiger partial charge on any atom is 0.157 e. The summed E-state index contributed by atoms with van der Waals surface area (Å²) in [6.45, 7) is 7.80. The van der Waals surface area contributed by atoms with Crippen LogP contribution in [0.5, 0.6) is 0 Å². The molecule has 2 unspecified atom stereocenters. The van der Waals surface area contributed by atoms with Crippen LogP contribution in [-0.4, -0.2) is 32.3 Å². The van der Waals surface area contributed by atoms with Gasteiger partial charge < -0.3 is 19.9 Å². The van der Waals surface area contributed by atoms with Crippen molar-refractivity contribution in [2.75, 3.05) is 19.8 Å². The molecule has 0 heterocycles. The predicted molar refractivity (Wildman–Crippen MR) is 55.9 cm³/mol. The third-order valence-electron chi connectivity index (χ3n) is 1.64. The van der Waals surface area contributed by atoms with Crippen LogP contribution in [-0.2, 0) is 14.2 Å². The van der Waals surface area contributed by atoms with E-state index in [-0.39, 0.29) is 12.6 Å². The fraction of sp³-hybridized carbons (Fsp3) is 1.00. The van der Waals surface area contributed by atoms with Gasteiger partial charge in [0.1, 0.15) is 0 Å². The molecule has 0 amide bonds. The molecule has 2 N–H and O–H groups in total. The maximum absolute atomic E-state index is 5.41. The summed E-state index contributed by atoms with van der Waals surface area (Å²) in [6, 6.07) is 0. The van der Waals surface area contributed by atoms with Gasteiger partial charge in [0.15, 0.2) is 12.6 Å². The van der Waals surface area contributed by atoms with E-state index in [0.29, 0.717) is 13.2 Å². The first-order chi connectivity index (χ1) is 6.70. The van der Waals surface area contributed by atoms with Crippen molar-refractivity contribution in [3.63, 3.8) is 0 Å². The molecular weight excluding hydrogens is 182 g/mol. The highest BCUT2D eigenvalue weighted by molar-refractivity contribution is 4.39. The Morgan fingerprint density at radius 1 is 1.07 bits per heavy atom. The van der Waals surface area contributed by atoms with Crippen LogP contribution >= 0.6 is 0 Å². The zero-order chi connectivity index (χ0) is 10.8. The lowest BCUT2D eigenvalue weighted by molar-refractivity contribution is -0.231. The Balaban J connectivity index is 3.35. The summed E-state index contributed by atoms with van der Waals surface area (Å²) in [5, 5.41) is 0. The third kappa shape index (κ3) is 8.44. The molecule has 0 aliphatic heterocycles. The van der Waals surface area contributed by atoms with E-state index in [1.165, 1.54) is 0 Å². The van der Waals surface area contributed by atoms with Crippen molar-refractivity contribution in [1.82, 2.24) is 0 Å². The summed E-state index contributed by atoms with van der Waals surface area (Å²) < 4.78 is 16.1. The van der Waals surface area contributed by atoms with Gasteiger partial charge in [-0.05, 0) is 33.2 Å². The zero-order valence-electron chi connectivity index (χ0n) is 9.49. The Morgan fingerprint density at radius 2 is 1.64 bits per heavy atom. The Bertz CT molecular complexity index is 122. The van der Waals surface area contributed by atoms with Crippen molar-refractivity contribution in [2.45, 2.75) is 46.2 Å². The van der Waals surface area contributed by atoms with E-state index in [1.54, 1.807) is 0 Å². The standard InChI is InChI=1S/C10H23NO3/c1-4-7-12-9(2)14-10(3)13-8-5-6-11/h9-10H,4-8,11H2,1-3H3. The second-order valence-corrected chi connectivity index (χ2v) is 3.16. The molecule has 0 radical (unpaired) electrons. The van der Waals surface area contributed by atoms with Crippen LogP contribution in [0.25, 0.3) is 0 Å². The largest absolute Gasteiger partial charge is 0.353 e. The van der Waals surface area contributed by atoms with Gasteiger partial charge in [0.2, 0.25) is 0 Å². The minimum Gasteiger partial charge on any atom is -0.353 e. The van der Waals surface area contributed by atoms with Crippen LogP contribution < -0.4 is 5.73 Å². The molecule has 0 aromatic carbocycles. The maximum atomic E-state index is 5.41. The lowest BCUT2D eigenvalue weighted by atomic mass is 10.5. The highest BCUT2D eigenvalue weighted by Gasteiger charge is 2.07. The van der Waals surface area contributed by atoms with Gasteiger partial charge in [-0.15, -0.1) is 0 Å². The molecule has 0 fully saturated rings. The monoisotopic (exact) mass is 205 g/mol. The molecule has 0 saturated heterocycles. The molecule has 0 spiro atoms. The molecule has 4 nitrogen and oxygen atoms in total. The second-order valence-electron chi connectivity index (χ2n) is 3.16.